The molecule has 0 N–H and O–H groups in total. The summed E-state index contributed by atoms with van der Waals surface area (Å²) in [5, 5.41) is 0. The molecule has 0 bridgehead atoms. The minimum absolute atomic E-state index is 0.258. The lowest BCUT2D eigenvalue weighted by Crippen LogP contribution is -2.04. The van der Waals surface area contributed by atoms with Gasteiger partial charge in [0.2, 0.25) is 0 Å². The first kappa shape index (κ1) is 14.4. The molecular weight excluding hydrogens is 270 g/mol. The highest BCUT2D eigenvalue weighted by Crippen LogP contribution is 2.23. The molecule has 110 valence electrons. The number of hydrogen-bond acceptors (Lipinski definition) is 3. The third-order valence-electron chi connectivity index (χ3n) is 3.48. The predicted octanol–water partition coefficient (Wildman–Crippen LogP) is 4.64. The average molecular weight is 289 g/mol. The van der Waals surface area contributed by atoms with Gasteiger partial charge in [0.1, 0.15) is 5.82 Å². The van der Waals surface area contributed by atoms with E-state index in [4.69, 9.17) is 0 Å². The van der Waals surface area contributed by atoms with Crippen LogP contribution >= 0.6 is 0 Å². The Labute approximate surface area is 131 Å². The van der Waals surface area contributed by atoms with Crippen molar-refractivity contribution < 1.29 is 0 Å². The maximum absolute atomic E-state index is 4.68. The predicted molar refractivity (Wildman–Crippen MR) is 89.5 cm³/mol. The molecule has 0 amide bonds. The fourth-order valence-electron chi connectivity index (χ4n) is 2.28. The molecule has 22 heavy (non-hydrogen) atoms. The second-order valence-electron chi connectivity index (χ2n) is 5.73. The molecule has 0 spiro atoms. The monoisotopic (exact) mass is 289 g/mol. The Hall–Kier alpha value is -2.55. The van der Waals surface area contributed by atoms with Gasteiger partial charge >= 0.3 is 0 Å². The van der Waals surface area contributed by atoms with Gasteiger partial charge in [-0.05, 0) is 13.0 Å². The van der Waals surface area contributed by atoms with E-state index < -0.39 is 0 Å². The molecule has 0 radical (unpaired) electrons. The SMILES string of the molecule is Cc1cccc(-c2nc(-c3ccccc3)nc(C(C)C)n2)c1. The van der Waals surface area contributed by atoms with E-state index in [9.17, 15) is 0 Å². The van der Waals surface area contributed by atoms with E-state index in [1.807, 2.05) is 42.5 Å². The van der Waals surface area contributed by atoms with Crippen LogP contribution in [0.2, 0.25) is 0 Å². The van der Waals surface area contributed by atoms with E-state index in [1.165, 1.54) is 5.56 Å². The fourth-order valence-corrected chi connectivity index (χ4v) is 2.28. The van der Waals surface area contributed by atoms with Crippen LogP contribution in [0.5, 0.6) is 0 Å². The van der Waals surface area contributed by atoms with Crippen molar-refractivity contribution in [1.82, 2.24) is 15.0 Å². The van der Waals surface area contributed by atoms with Crippen molar-refractivity contribution in [3.05, 3.63) is 66.0 Å². The van der Waals surface area contributed by atoms with Crippen LogP contribution < -0.4 is 0 Å². The molecule has 0 saturated carbocycles. The van der Waals surface area contributed by atoms with Crippen LogP contribution in [0.1, 0.15) is 31.2 Å². The molecule has 0 unspecified atom stereocenters. The molecule has 3 aromatic rings. The van der Waals surface area contributed by atoms with Crippen molar-refractivity contribution in [1.29, 1.82) is 0 Å². The topological polar surface area (TPSA) is 38.7 Å². The van der Waals surface area contributed by atoms with Gasteiger partial charge in [0.05, 0.1) is 0 Å². The molecule has 3 nitrogen and oxygen atoms in total. The highest BCUT2D eigenvalue weighted by atomic mass is 15.0. The molecular formula is C19H19N3. The second-order valence-corrected chi connectivity index (χ2v) is 5.73. The summed E-state index contributed by atoms with van der Waals surface area (Å²) < 4.78 is 0. The number of aromatic nitrogens is 3. The van der Waals surface area contributed by atoms with Gasteiger partial charge in [-0.2, -0.15) is 0 Å². The molecule has 1 heterocycles. The van der Waals surface area contributed by atoms with E-state index in [1.54, 1.807) is 0 Å². The van der Waals surface area contributed by atoms with E-state index in [2.05, 4.69) is 47.9 Å². The first-order valence-electron chi connectivity index (χ1n) is 7.52. The average Bonchev–Trinajstić information content (AvgIpc) is 2.55. The summed E-state index contributed by atoms with van der Waals surface area (Å²) in [6.45, 7) is 6.28. The Morgan fingerprint density at radius 3 is 2.00 bits per heavy atom. The van der Waals surface area contributed by atoms with Gasteiger partial charge in [-0.25, -0.2) is 15.0 Å². The highest BCUT2D eigenvalue weighted by Gasteiger charge is 2.12. The summed E-state index contributed by atoms with van der Waals surface area (Å²) in [5.74, 6) is 2.55. The lowest BCUT2D eigenvalue weighted by molar-refractivity contribution is 0.766. The van der Waals surface area contributed by atoms with E-state index in [0.29, 0.717) is 0 Å². The van der Waals surface area contributed by atoms with Gasteiger partial charge in [-0.15, -0.1) is 0 Å². The third-order valence-corrected chi connectivity index (χ3v) is 3.48. The number of nitrogens with zero attached hydrogens (tertiary/aromatic N) is 3. The molecule has 0 atom stereocenters. The molecule has 0 saturated heterocycles. The van der Waals surface area contributed by atoms with Crippen molar-refractivity contribution in [2.45, 2.75) is 26.7 Å². The maximum Gasteiger partial charge on any atom is 0.163 e. The van der Waals surface area contributed by atoms with Gasteiger partial charge in [0, 0.05) is 17.0 Å². The van der Waals surface area contributed by atoms with E-state index in [-0.39, 0.29) is 5.92 Å². The Bertz CT molecular complexity index is 780. The highest BCUT2D eigenvalue weighted by molar-refractivity contribution is 5.61. The summed E-state index contributed by atoms with van der Waals surface area (Å²) in [6.07, 6.45) is 0. The quantitative estimate of drug-likeness (QED) is 0.705. The second kappa shape index (κ2) is 6.06. The van der Waals surface area contributed by atoms with Crippen molar-refractivity contribution in [2.75, 3.05) is 0 Å². The minimum atomic E-state index is 0.258. The first-order valence-corrected chi connectivity index (χ1v) is 7.52. The van der Waals surface area contributed by atoms with Gasteiger partial charge in [-0.1, -0.05) is 67.9 Å². The number of aryl methyl sites for hydroxylation is 1. The van der Waals surface area contributed by atoms with Gasteiger partial charge in [-0.3, -0.25) is 0 Å². The molecule has 3 rings (SSSR count). The maximum atomic E-state index is 4.68. The zero-order chi connectivity index (χ0) is 15.5. The van der Waals surface area contributed by atoms with Crippen LogP contribution in [-0.4, -0.2) is 15.0 Å². The largest absolute Gasteiger partial charge is 0.213 e. The van der Waals surface area contributed by atoms with Crippen molar-refractivity contribution in [2.24, 2.45) is 0 Å². The Balaban J connectivity index is 2.16. The third kappa shape index (κ3) is 3.03. The minimum Gasteiger partial charge on any atom is -0.213 e. The first-order chi connectivity index (χ1) is 10.6. The van der Waals surface area contributed by atoms with Crippen LogP contribution in [0, 0.1) is 6.92 Å². The van der Waals surface area contributed by atoms with Crippen LogP contribution in [0.3, 0.4) is 0 Å². The Morgan fingerprint density at radius 1 is 0.727 bits per heavy atom. The van der Waals surface area contributed by atoms with Crippen LogP contribution in [-0.2, 0) is 0 Å². The molecule has 0 aliphatic heterocycles. The standard InChI is InChI=1S/C19H19N3/c1-13(2)17-20-18(15-9-5-4-6-10-15)22-19(21-17)16-11-7-8-14(3)12-16/h4-13H,1-3H3. The van der Waals surface area contributed by atoms with Crippen LogP contribution in [0.4, 0.5) is 0 Å². The molecule has 0 fully saturated rings. The van der Waals surface area contributed by atoms with Crippen molar-refractivity contribution >= 4 is 0 Å². The van der Waals surface area contributed by atoms with Gasteiger partial charge < -0.3 is 0 Å². The summed E-state index contributed by atoms with van der Waals surface area (Å²) in [7, 11) is 0. The summed E-state index contributed by atoms with van der Waals surface area (Å²) >= 11 is 0. The van der Waals surface area contributed by atoms with Gasteiger partial charge in [0.25, 0.3) is 0 Å². The van der Waals surface area contributed by atoms with Crippen LogP contribution in [0.15, 0.2) is 54.6 Å². The van der Waals surface area contributed by atoms with Crippen LogP contribution in [0.25, 0.3) is 22.8 Å². The van der Waals surface area contributed by atoms with Crippen molar-refractivity contribution in [3.63, 3.8) is 0 Å². The number of hydrogen-bond donors (Lipinski definition) is 0. The zero-order valence-corrected chi connectivity index (χ0v) is 13.1. The number of rotatable bonds is 3. The molecule has 3 heteroatoms. The normalized spacial score (nSPS) is 10.9. The van der Waals surface area contributed by atoms with E-state index in [0.717, 1.165) is 28.6 Å². The number of benzene rings is 2. The fraction of sp³-hybridized carbons (Fsp3) is 0.211. The molecule has 0 aliphatic rings. The summed E-state index contributed by atoms with van der Waals surface area (Å²) in [6, 6.07) is 18.3. The molecule has 2 aromatic carbocycles. The Kier molecular flexibility index (Phi) is 3.96. The Morgan fingerprint density at radius 2 is 1.36 bits per heavy atom. The van der Waals surface area contributed by atoms with Gasteiger partial charge in [0.15, 0.2) is 11.6 Å². The lowest BCUT2D eigenvalue weighted by atomic mass is 10.1. The molecule has 1 aromatic heterocycles. The van der Waals surface area contributed by atoms with Crippen molar-refractivity contribution in [3.8, 4) is 22.8 Å². The smallest absolute Gasteiger partial charge is 0.163 e. The zero-order valence-electron chi connectivity index (χ0n) is 13.1. The van der Waals surface area contributed by atoms with E-state index >= 15 is 0 Å². The lowest BCUT2D eigenvalue weighted by Gasteiger charge is -2.10. The molecule has 0 aliphatic carbocycles. The summed E-state index contributed by atoms with van der Waals surface area (Å²) in [5.41, 5.74) is 3.24. The summed E-state index contributed by atoms with van der Waals surface area (Å²) in [4.78, 5) is 14.0.